The summed E-state index contributed by atoms with van der Waals surface area (Å²) in [5.74, 6) is 0. The third-order valence-electron chi connectivity index (χ3n) is 3.24. The summed E-state index contributed by atoms with van der Waals surface area (Å²) in [5.41, 5.74) is 1.25. The van der Waals surface area contributed by atoms with Crippen LogP contribution in [0.5, 0.6) is 0 Å². The molecule has 1 aromatic rings. The summed E-state index contributed by atoms with van der Waals surface area (Å²) in [6, 6.07) is 10.6. The van der Waals surface area contributed by atoms with Gasteiger partial charge >= 0.3 is 0 Å². The molecule has 2 rings (SSSR count). The Hall–Kier alpha value is -1.05. The molecule has 1 atom stereocenters. The van der Waals surface area contributed by atoms with Gasteiger partial charge in [-0.3, -0.25) is 4.90 Å². The molecule has 0 radical (unpaired) electrons. The van der Waals surface area contributed by atoms with Gasteiger partial charge in [0.2, 0.25) is 0 Å². The van der Waals surface area contributed by atoms with Crippen molar-refractivity contribution in [1.82, 2.24) is 4.90 Å². The molecule has 1 saturated heterocycles. The van der Waals surface area contributed by atoms with Gasteiger partial charge in [0.15, 0.2) is 0 Å². The highest BCUT2D eigenvalue weighted by Crippen LogP contribution is 2.26. The van der Waals surface area contributed by atoms with Gasteiger partial charge in [-0.2, -0.15) is 5.26 Å². The minimum atomic E-state index is 0.0244. The normalized spacial score (nSPS) is 18.8. The second-order valence-corrected chi connectivity index (χ2v) is 5.13. The standard InChI is InChI=1S/C13H16BrN3/c1-11(10-15)16-6-8-17(9-7-16)13-5-3-2-4-12(13)14/h2-5,11H,6-9H2,1H3. The maximum absolute atomic E-state index is 8.90. The number of nitrogens with zero attached hydrogens (tertiary/aromatic N) is 3. The van der Waals surface area contributed by atoms with Crippen LogP contribution in [0, 0.1) is 11.3 Å². The van der Waals surface area contributed by atoms with Crippen molar-refractivity contribution in [1.29, 1.82) is 5.26 Å². The summed E-state index contributed by atoms with van der Waals surface area (Å²) in [4.78, 5) is 4.60. The molecular weight excluding hydrogens is 278 g/mol. The van der Waals surface area contributed by atoms with Crippen LogP contribution >= 0.6 is 15.9 Å². The van der Waals surface area contributed by atoms with E-state index in [9.17, 15) is 0 Å². The highest BCUT2D eigenvalue weighted by Gasteiger charge is 2.21. The number of halogens is 1. The van der Waals surface area contributed by atoms with Crippen molar-refractivity contribution in [2.24, 2.45) is 0 Å². The molecule has 17 heavy (non-hydrogen) atoms. The number of nitriles is 1. The lowest BCUT2D eigenvalue weighted by Gasteiger charge is -2.37. The SMILES string of the molecule is CC(C#N)N1CCN(c2ccccc2Br)CC1. The Labute approximate surface area is 111 Å². The molecule has 1 fully saturated rings. The first-order valence-corrected chi connectivity index (χ1v) is 6.65. The first-order chi connectivity index (χ1) is 8.22. The number of rotatable bonds is 2. The van der Waals surface area contributed by atoms with Crippen molar-refractivity contribution in [3.05, 3.63) is 28.7 Å². The number of hydrogen-bond donors (Lipinski definition) is 0. The van der Waals surface area contributed by atoms with E-state index in [0.717, 1.165) is 30.7 Å². The van der Waals surface area contributed by atoms with Gasteiger partial charge in [0.1, 0.15) is 0 Å². The second kappa shape index (κ2) is 5.52. The average Bonchev–Trinajstić information content (AvgIpc) is 2.39. The molecule has 4 heteroatoms. The summed E-state index contributed by atoms with van der Waals surface area (Å²) in [7, 11) is 0. The molecule has 0 saturated carbocycles. The van der Waals surface area contributed by atoms with E-state index >= 15 is 0 Å². The van der Waals surface area contributed by atoms with Gasteiger partial charge in [0.05, 0.1) is 17.8 Å². The fraction of sp³-hybridized carbons (Fsp3) is 0.462. The van der Waals surface area contributed by atoms with E-state index in [1.165, 1.54) is 5.69 Å². The molecular formula is C13H16BrN3. The van der Waals surface area contributed by atoms with Gasteiger partial charge in [-0.15, -0.1) is 0 Å². The summed E-state index contributed by atoms with van der Waals surface area (Å²) in [5, 5.41) is 8.90. The third kappa shape index (κ3) is 2.80. The van der Waals surface area contributed by atoms with E-state index in [1.807, 2.05) is 13.0 Å². The first kappa shape index (κ1) is 12.4. The maximum Gasteiger partial charge on any atom is 0.0950 e. The van der Waals surface area contributed by atoms with Crippen LogP contribution < -0.4 is 4.90 Å². The van der Waals surface area contributed by atoms with Crippen molar-refractivity contribution in [3.8, 4) is 6.07 Å². The molecule has 0 aromatic heterocycles. The maximum atomic E-state index is 8.90. The molecule has 1 aliphatic heterocycles. The van der Waals surface area contributed by atoms with Crippen LogP contribution in [0.1, 0.15) is 6.92 Å². The van der Waals surface area contributed by atoms with Gasteiger partial charge in [-0.1, -0.05) is 12.1 Å². The zero-order valence-corrected chi connectivity index (χ0v) is 11.5. The quantitative estimate of drug-likeness (QED) is 0.839. The molecule has 1 aromatic carbocycles. The van der Waals surface area contributed by atoms with Gasteiger partial charge in [0.25, 0.3) is 0 Å². The zero-order chi connectivity index (χ0) is 12.3. The second-order valence-electron chi connectivity index (χ2n) is 4.28. The Balaban J connectivity index is 2.01. The summed E-state index contributed by atoms with van der Waals surface area (Å²) >= 11 is 3.58. The summed E-state index contributed by atoms with van der Waals surface area (Å²) in [6.45, 7) is 5.84. The smallest absolute Gasteiger partial charge is 0.0950 e. The highest BCUT2D eigenvalue weighted by atomic mass is 79.9. The molecule has 90 valence electrons. The lowest BCUT2D eigenvalue weighted by Crippen LogP contribution is -2.49. The third-order valence-corrected chi connectivity index (χ3v) is 3.91. The van der Waals surface area contributed by atoms with E-state index in [1.54, 1.807) is 0 Å². The molecule has 0 bridgehead atoms. The van der Waals surface area contributed by atoms with Crippen molar-refractivity contribution >= 4 is 21.6 Å². The largest absolute Gasteiger partial charge is 0.368 e. The molecule has 1 heterocycles. The fourth-order valence-electron chi connectivity index (χ4n) is 2.14. The predicted octanol–water partition coefficient (Wildman–Crippen LogP) is 2.48. The van der Waals surface area contributed by atoms with E-state index in [-0.39, 0.29) is 6.04 Å². The van der Waals surface area contributed by atoms with Gasteiger partial charge in [-0.05, 0) is 35.0 Å². The van der Waals surface area contributed by atoms with Crippen molar-refractivity contribution in [3.63, 3.8) is 0 Å². The van der Waals surface area contributed by atoms with Crippen LogP contribution in [-0.2, 0) is 0 Å². The van der Waals surface area contributed by atoms with Crippen LogP contribution in [0.2, 0.25) is 0 Å². The van der Waals surface area contributed by atoms with E-state index in [4.69, 9.17) is 5.26 Å². The Morgan fingerprint density at radius 3 is 2.47 bits per heavy atom. The Morgan fingerprint density at radius 1 is 1.24 bits per heavy atom. The van der Waals surface area contributed by atoms with Crippen LogP contribution in [0.25, 0.3) is 0 Å². The van der Waals surface area contributed by atoms with E-state index in [0.29, 0.717) is 0 Å². The number of hydrogen-bond acceptors (Lipinski definition) is 3. The zero-order valence-electron chi connectivity index (χ0n) is 9.93. The summed E-state index contributed by atoms with van der Waals surface area (Å²) < 4.78 is 1.14. The van der Waals surface area contributed by atoms with Crippen LogP contribution in [-0.4, -0.2) is 37.1 Å². The predicted molar refractivity (Wildman–Crippen MR) is 73.0 cm³/mol. The van der Waals surface area contributed by atoms with Gasteiger partial charge in [-0.25, -0.2) is 0 Å². The number of piperazine rings is 1. The first-order valence-electron chi connectivity index (χ1n) is 5.85. The van der Waals surface area contributed by atoms with Gasteiger partial charge < -0.3 is 4.90 Å². The molecule has 3 nitrogen and oxygen atoms in total. The Kier molecular flexibility index (Phi) is 4.03. The lowest BCUT2D eigenvalue weighted by molar-refractivity contribution is 0.231. The highest BCUT2D eigenvalue weighted by molar-refractivity contribution is 9.10. The Bertz CT molecular complexity index is 419. The van der Waals surface area contributed by atoms with E-state index < -0.39 is 0 Å². The van der Waals surface area contributed by atoms with Crippen molar-refractivity contribution in [2.45, 2.75) is 13.0 Å². The van der Waals surface area contributed by atoms with Crippen LogP contribution in [0.4, 0.5) is 5.69 Å². The minimum Gasteiger partial charge on any atom is -0.368 e. The molecule has 0 amide bonds. The van der Waals surface area contributed by atoms with Crippen LogP contribution in [0.15, 0.2) is 28.7 Å². The molecule has 1 unspecified atom stereocenters. The van der Waals surface area contributed by atoms with E-state index in [2.05, 4.69) is 50.0 Å². The topological polar surface area (TPSA) is 30.3 Å². The molecule has 1 aliphatic rings. The molecule has 0 aliphatic carbocycles. The Morgan fingerprint density at radius 2 is 1.88 bits per heavy atom. The lowest BCUT2D eigenvalue weighted by atomic mass is 10.2. The number of para-hydroxylation sites is 1. The number of anilines is 1. The van der Waals surface area contributed by atoms with Crippen molar-refractivity contribution in [2.75, 3.05) is 31.1 Å². The van der Waals surface area contributed by atoms with Crippen LogP contribution in [0.3, 0.4) is 0 Å². The summed E-state index contributed by atoms with van der Waals surface area (Å²) in [6.07, 6.45) is 0. The molecule has 0 spiro atoms. The fourth-order valence-corrected chi connectivity index (χ4v) is 2.68. The van der Waals surface area contributed by atoms with Gasteiger partial charge in [0, 0.05) is 30.7 Å². The number of benzene rings is 1. The average molecular weight is 294 g/mol. The monoisotopic (exact) mass is 293 g/mol. The van der Waals surface area contributed by atoms with Crippen molar-refractivity contribution < 1.29 is 0 Å². The molecule has 0 N–H and O–H groups in total. The minimum absolute atomic E-state index is 0.0244.